The molecule has 0 unspecified atom stereocenters. The van der Waals surface area contributed by atoms with E-state index in [0.29, 0.717) is 24.1 Å². The summed E-state index contributed by atoms with van der Waals surface area (Å²) in [5, 5.41) is 25.3. The highest BCUT2D eigenvalue weighted by Crippen LogP contribution is 2.20. The van der Waals surface area contributed by atoms with Gasteiger partial charge in [0.15, 0.2) is 11.6 Å². The Morgan fingerprint density at radius 1 is 0.589 bits per heavy atom. The third-order valence-corrected chi connectivity index (χ3v) is 8.37. The number of rotatable bonds is 30. The highest BCUT2D eigenvalue weighted by atomic mass is 127. The van der Waals surface area contributed by atoms with Crippen molar-refractivity contribution in [1.29, 1.82) is 0 Å². The largest absolute Gasteiger partial charge is 0.480 e. The van der Waals surface area contributed by atoms with Gasteiger partial charge in [-0.15, -0.1) is 0 Å². The van der Waals surface area contributed by atoms with Crippen LogP contribution in [0.15, 0.2) is 42.5 Å². The molecule has 0 spiro atoms. The average Bonchev–Trinajstić information content (AvgIpc) is 3.15. The van der Waals surface area contributed by atoms with Crippen LogP contribution >= 0.6 is 22.6 Å². The molecule has 2 aromatic rings. The molecule has 308 valence electrons. The van der Waals surface area contributed by atoms with Crippen molar-refractivity contribution in [2.45, 2.75) is 50.6 Å². The lowest BCUT2D eigenvalue weighted by Crippen LogP contribution is -2.38. The molecule has 3 amide bonds. The van der Waals surface area contributed by atoms with E-state index in [0.717, 1.165) is 3.57 Å². The molecule has 0 heterocycles. The fourth-order valence-corrected chi connectivity index (χ4v) is 5.03. The van der Waals surface area contributed by atoms with Gasteiger partial charge in [-0.2, -0.15) is 0 Å². The monoisotopic (exact) mass is 899 g/mol. The summed E-state index contributed by atoms with van der Waals surface area (Å²) in [7, 11) is 0. The molecule has 2 aromatic carbocycles. The minimum Gasteiger partial charge on any atom is -0.480 e. The van der Waals surface area contributed by atoms with Crippen molar-refractivity contribution in [3.05, 3.63) is 62.7 Å². The Kier molecular flexibility index (Phi) is 23.3. The Bertz CT molecular complexity index is 1530. The topological polar surface area (TPSA) is 285 Å². The number of benzene rings is 2. The summed E-state index contributed by atoms with van der Waals surface area (Å²) in [6.07, 6.45) is 0.348. The van der Waals surface area contributed by atoms with Gasteiger partial charge in [0.1, 0.15) is 12.1 Å². The van der Waals surface area contributed by atoms with Gasteiger partial charge in [0.25, 0.3) is 5.91 Å². The molecule has 0 radical (unpaired) electrons. The van der Waals surface area contributed by atoms with Crippen molar-refractivity contribution in [1.82, 2.24) is 10.6 Å². The number of carbonyl (C=O) groups is 7. The van der Waals surface area contributed by atoms with Gasteiger partial charge in [-0.3, -0.25) is 33.6 Å². The van der Waals surface area contributed by atoms with E-state index in [4.69, 9.17) is 40.6 Å². The summed E-state index contributed by atoms with van der Waals surface area (Å²) in [6, 6.07) is 8.97. The maximum Gasteiger partial charge on any atom is 0.321 e. The SMILES string of the molecule is N[C@@H](CC(=O)NCCOCCOCCCC(=O)c1cc(NC(=O)c2ccc(I)cc2)cc(C(=O)CCCOCCOCCNC(=O)C[C@H](N)C(=O)O)c1)C(=O)O. The molecule has 2 atom stereocenters. The minimum atomic E-state index is -1.27. The zero-order valence-corrected chi connectivity index (χ0v) is 33.1. The Morgan fingerprint density at radius 2 is 1.00 bits per heavy atom. The molecule has 56 heavy (non-hydrogen) atoms. The molecule has 0 saturated heterocycles. The van der Waals surface area contributed by atoms with Crippen molar-refractivity contribution < 1.29 is 62.7 Å². The maximum absolute atomic E-state index is 13.2. The third kappa shape index (κ3) is 20.5. The number of hydrogen-bond donors (Lipinski definition) is 7. The molecule has 2 rings (SSSR count). The zero-order valence-electron chi connectivity index (χ0n) is 30.9. The van der Waals surface area contributed by atoms with Crippen LogP contribution in [-0.4, -0.2) is 129 Å². The van der Waals surface area contributed by atoms with Gasteiger partial charge in [-0.25, -0.2) is 0 Å². The molecule has 0 fully saturated rings. The fourth-order valence-electron chi connectivity index (χ4n) is 4.67. The summed E-state index contributed by atoms with van der Waals surface area (Å²) in [6.45, 7) is 2.23. The van der Waals surface area contributed by atoms with E-state index in [-0.39, 0.29) is 114 Å². The molecule has 19 heteroatoms. The number of halogens is 1. The molecule has 0 aliphatic heterocycles. The number of nitrogens with one attached hydrogen (secondary N) is 3. The van der Waals surface area contributed by atoms with Gasteiger partial charge in [0.05, 0.1) is 52.5 Å². The first kappa shape index (κ1) is 47.8. The second-order valence-electron chi connectivity index (χ2n) is 12.3. The van der Waals surface area contributed by atoms with Crippen molar-refractivity contribution in [3.63, 3.8) is 0 Å². The standard InChI is InChI=1S/C37H50IN5O13/c38-27-7-5-24(6-8-27)35(48)43-28-20-25(31(44)3-1-11-53-15-17-55-13-9-41-33(46)22-29(39)36(49)50)19-26(21-28)32(45)4-2-12-54-16-18-56-14-10-42-34(47)23-30(40)37(51)52/h5-8,19-21,29-30H,1-4,9-18,22-23,39-40H2,(H,41,46)(H,42,47)(H,43,48)(H,49,50)(H,51,52)/t29-,30-/m0/s1. The van der Waals surface area contributed by atoms with Crippen molar-refractivity contribution in [3.8, 4) is 0 Å². The fraction of sp³-hybridized carbons (Fsp3) is 0.486. The summed E-state index contributed by atoms with van der Waals surface area (Å²) in [4.78, 5) is 84.0. The number of nitrogens with two attached hydrogens (primary N) is 2. The van der Waals surface area contributed by atoms with E-state index >= 15 is 0 Å². The van der Waals surface area contributed by atoms with E-state index in [9.17, 15) is 33.6 Å². The molecule has 18 nitrogen and oxygen atoms in total. The number of ketones is 2. The quantitative estimate of drug-likeness (QED) is 0.0331. The van der Waals surface area contributed by atoms with E-state index < -0.39 is 41.7 Å². The number of anilines is 1. The molecular weight excluding hydrogens is 849 g/mol. The van der Waals surface area contributed by atoms with Gasteiger partial charge in [0, 0.05) is 65.1 Å². The molecule has 0 aliphatic carbocycles. The number of Topliss-reactive ketones (excluding diaryl/α,β-unsaturated/α-hetero) is 2. The summed E-state index contributed by atoms with van der Waals surface area (Å²) >= 11 is 2.13. The van der Waals surface area contributed by atoms with Crippen LogP contribution in [0, 0.1) is 3.57 Å². The van der Waals surface area contributed by atoms with Crippen LogP contribution in [0.1, 0.15) is 69.6 Å². The Morgan fingerprint density at radius 3 is 1.41 bits per heavy atom. The predicted molar refractivity (Wildman–Crippen MR) is 210 cm³/mol. The van der Waals surface area contributed by atoms with Gasteiger partial charge in [-0.1, -0.05) is 0 Å². The predicted octanol–water partition coefficient (Wildman–Crippen LogP) is 1.37. The number of aliphatic carboxylic acids is 2. The Balaban J connectivity index is 1.79. The van der Waals surface area contributed by atoms with Crippen LogP contribution < -0.4 is 27.4 Å². The maximum atomic E-state index is 13.2. The lowest BCUT2D eigenvalue weighted by molar-refractivity contribution is -0.140. The van der Waals surface area contributed by atoms with Crippen LogP contribution in [0.4, 0.5) is 5.69 Å². The zero-order chi connectivity index (χ0) is 41.3. The molecular formula is C37H50IN5O13. The molecule has 0 bridgehead atoms. The third-order valence-electron chi connectivity index (χ3n) is 7.65. The van der Waals surface area contributed by atoms with Gasteiger partial charge in [-0.05, 0) is 77.9 Å². The van der Waals surface area contributed by atoms with Crippen LogP contribution in [0.25, 0.3) is 0 Å². The minimum absolute atomic E-state index is 0.120. The Labute approximate surface area is 337 Å². The van der Waals surface area contributed by atoms with Crippen LogP contribution in [0.5, 0.6) is 0 Å². The van der Waals surface area contributed by atoms with Gasteiger partial charge in [0.2, 0.25) is 11.8 Å². The molecule has 9 N–H and O–H groups in total. The number of carbonyl (C=O) groups excluding carboxylic acids is 5. The smallest absolute Gasteiger partial charge is 0.321 e. The second kappa shape index (κ2) is 27.3. The molecule has 0 aromatic heterocycles. The van der Waals surface area contributed by atoms with E-state index in [1.54, 1.807) is 24.3 Å². The number of ether oxygens (including phenoxy) is 4. The van der Waals surface area contributed by atoms with Crippen LogP contribution in [-0.2, 0) is 38.1 Å². The first-order valence-electron chi connectivity index (χ1n) is 17.9. The number of carboxylic acids is 2. The number of amides is 3. The van der Waals surface area contributed by atoms with E-state index in [2.05, 4.69) is 38.5 Å². The summed E-state index contributed by atoms with van der Waals surface area (Å²) in [5.74, 6) is -4.38. The average molecular weight is 900 g/mol. The lowest BCUT2D eigenvalue weighted by Gasteiger charge is -2.11. The summed E-state index contributed by atoms with van der Waals surface area (Å²) < 4.78 is 22.8. The molecule has 0 aliphatic rings. The highest BCUT2D eigenvalue weighted by molar-refractivity contribution is 14.1. The van der Waals surface area contributed by atoms with Crippen molar-refractivity contribution >= 4 is 69.5 Å². The highest BCUT2D eigenvalue weighted by Gasteiger charge is 2.18. The first-order chi connectivity index (χ1) is 26.8. The van der Waals surface area contributed by atoms with E-state index in [1.165, 1.54) is 18.2 Å². The second-order valence-corrected chi connectivity index (χ2v) is 13.5. The summed E-state index contributed by atoms with van der Waals surface area (Å²) in [5.41, 5.74) is 11.9. The van der Waals surface area contributed by atoms with Crippen molar-refractivity contribution in [2.75, 3.05) is 71.3 Å². The van der Waals surface area contributed by atoms with E-state index in [1.807, 2.05) is 0 Å². The first-order valence-corrected chi connectivity index (χ1v) is 18.9. The lowest BCUT2D eigenvalue weighted by atomic mass is 9.99. The van der Waals surface area contributed by atoms with Gasteiger partial charge < -0.3 is 56.6 Å². The Hall–Kier alpha value is -4.38. The number of carboxylic acid groups (broad SMARTS) is 2. The van der Waals surface area contributed by atoms with Crippen molar-refractivity contribution in [2.24, 2.45) is 11.5 Å². The number of hydrogen-bond acceptors (Lipinski definition) is 13. The van der Waals surface area contributed by atoms with Crippen LogP contribution in [0.2, 0.25) is 0 Å². The molecule has 0 saturated carbocycles. The van der Waals surface area contributed by atoms with Gasteiger partial charge >= 0.3 is 11.9 Å². The normalized spacial score (nSPS) is 12.0. The van der Waals surface area contributed by atoms with Crippen LogP contribution in [0.3, 0.4) is 0 Å².